The molecule has 148 valence electrons. The zero-order valence-electron chi connectivity index (χ0n) is 16.4. The topological polar surface area (TPSA) is 41.8 Å². The van der Waals surface area contributed by atoms with Crippen molar-refractivity contribution in [2.24, 2.45) is 4.40 Å². The van der Waals surface area contributed by atoms with Crippen molar-refractivity contribution >= 4 is 17.7 Å². The maximum atomic E-state index is 13.2. The Morgan fingerprint density at radius 3 is 2.30 bits per heavy atom. The van der Waals surface area contributed by atoms with Crippen molar-refractivity contribution < 1.29 is 18.6 Å². The number of hydrogen-bond donors (Lipinski definition) is 1. The lowest BCUT2D eigenvalue weighted by molar-refractivity contribution is 0.150. The second-order valence-electron chi connectivity index (χ2n) is 6.75. The number of aliphatic hydroxyl groups excluding tert-OH is 1. The maximum absolute atomic E-state index is 13.2. The lowest BCUT2D eigenvalue weighted by atomic mass is 10.1. The first-order chi connectivity index (χ1) is 12.7. The predicted octanol–water partition coefficient (Wildman–Crippen LogP) is 6.07. The van der Waals surface area contributed by atoms with E-state index in [-0.39, 0.29) is 10.3 Å². The van der Waals surface area contributed by atoms with E-state index in [2.05, 4.69) is 25.2 Å². The molecule has 0 saturated carbocycles. The lowest BCUT2D eigenvalue weighted by Crippen LogP contribution is -2.07. The molecule has 0 radical (unpaired) electrons. The maximum Gasteiger partial charge on any atom is 0.264 e. The Hall–Kier alpha value is -1.92. The van der Waals surface area contributed by atoms with Crippen LogP contribution < -0.4 is 4.74 Å². The largest absolute Gasteiger partial charge is 0.489 e. The van der Waals surface area contributed by atoms with E-state index in [4.69, 9.17) is 9.84 Å². The summed E-state index contributed by atoms with van der Waals surface area (Å²) in [7, 11) is 1.00. The fourth-order valence-corrected chi connectivity index (χ4v) is 2.56. The first-order valence-electron chi connectivity index (χ1n) is 8.52. The molecule has 0 aliphatic heterocycles. The minimum absolute atomic E-state index is 0.0335. The van der Waals surface area contributed by atoms with E-state index in [0.29, 0.717) is 23.6 Å². The van der Waals surface area contributed by atoms with Gasteiger partial charge in [0.1, 0.15) is 12.4 Å². The first-order valence-corrected chi connectivity index (χ1v) is 9.30. The van der Waals surface area contributed by atoms with Crippen LogP contribution in [-0.2, 0) is 6.61 Å². The molecule has 0 amide bonds. The summed E-state index contributed by atoms with van der Waals surface area (Å²) in [5, 5.41) is 7.00. The molecule has 0 heterocycles. The molecule has 6 heteroatoms. The van der Waals surface area contributed by atoms with E-state index in [0.717, 1.165) is 12.7 Å². The highest BCUT2D eigenvalue weighted by atomic mass is 32.2. The van der Waals surface area contributed by atoms with Crippen molar-refractivity contribution in [2.75, 3.05) is 7.11 Å². The van der Waals surface area contributed by atoms with Crippen LogP contribution in [0.4, 0.5) is 8.78 Å². The number of ether oxygens (including phenoxy) is 1. The fraction of sp³-hybridized carbons (Fsp3) is 0.381. The van der Waals surface area contributed by atoms with Gasteiger partial charge >= 0.3 is 0 Å². The van der Waals surface area contributed by atoms with E-state index < -0.39 is 6.43 Å². The summed E-state index contributed by atoms with van der Waals surface area (Å²) >= 11 is 1.43. The van der Waals surface area contributed by atoms with Gasteiger partial charge in [-0.3, -0.25) is 0 Å². The third kappa shape index (κ3) is 8.54. The summed E-state index contributed by atoms with van der Waals surface area (Å²) in [6, 6.07) is 14.3. The van der Waals surface area contributed by atoms with E-state index >= 15 is 0 Å². The number of aliphatic hydroxyl groups is 1. The van der Waals surface area contributed by atoms with E-state index in [1.807, 2.05) is 37.3 Å². The van der Waals surface area contributed by atoms with Gasteiger partial charge in [-0.15, -0.1) is 0 Å². The molecule has 0 fully saturated rings. The van der Waals surface area contributed by atoms with E-state index in [1.165, 1.54) is 24.1 Å². The molecule has 1 N–H and O–H groups in total. The zero-order chi connectivity index (χ0) is 20.4. The summed E-state index contributed by atoms with van der Waals surface area (Å²) in [4.78, 5) is 0. The number of halogens is 2. The summed E-state index contributed by atoms with van der Waals surface area (Å²) in [5.74, 6) is 0.423. The van der Waals surface area contributed by atoms with Gasteiger partial charge in [-0.2, -0.15) is 0 Å². The van der Waals surface area contributed by atoms with Gasteiger partial charge in [0.2, 0.25) is 0 Å². The highest BCUT2D eigenvalue weighted by molar-refractivity contribution is 7.99. The van der Waals surface area contributed by atoms with Crippen molar-refractivity contribution in [3.05, 3.63) is 65.2 Å². The van der Waals surface area contributed by atoms with Crippen molar-refractivity contribution in [2.45, 2.75) is 45.5 Å². The highest BCUT2D eigenvalue weighted by Crippen LogP contribution is 2.29. The van der Waals surface area contributed by atoms with Gasteiger partial charge in [-0.25, -0.2) is 13.2 Å². The quantitative estimate of drug-likeness (QED) is 0.477. The van der Waals surface area contributed by atoms with Crippen molar-refractivity contribution in [3.63, 3.8) is 0 Å². The van der Waals surface area contributed by atoms with Crippen LogP contribution in [0.2, 0.25) is 0 Å². The number of benzene rings is 2. The third-order valence-corrected chi connectivity index (χ3v) is 4.22. The minimum atomic E-state index is -2.55. The third-order valence-electron chi connectivity index (χ3n) is 3.30. The average molecular weight is 396 g/mol. The molecule has 0 aliphatic carbocycles. The Bertz CT molecular complexity index is 729. The monoisotopic (exact) mass is 395 g/mol. The predicted molar refractivity (Wildman–Crippen MR) is 110 cm³/mol. The molecule has 2 aromatic carbocycles. The summed E-state index contributed by atoms with van der Waals surface area (Å²) < 4.78 is 36.6. The van der Waals surface area contributed by atoms with Crippen LogP contribution in [0.15, 0.2) is 52.9 Å². The molecular weight excluding hydrogens is 368 g/mol. The van der Waals surface area contributed by atoms with Crippen LogP contribution >= 0.6 is 11.9 Å². The van der Waals surface area contributed by atoms with Crippen LogP contribution in [0.1, 0.15) is 50.8 Å². The molecule has 3 nitrogen and oxygen atoms in total. The van der Waals surface area contributed by atoms with Gasteiger partial charge in [-0.1, -0.05) is 30.3 Å². The number of alkyl halides is 2. The van der Waals surface area contributed by atoms with E-state index in [9.17, 15) is 8.78 Å². The Morgan fingerprint density at radius 2 is 1.74 bits per heavy atom. The summed E-state index contributed by atoms with van der Waals surface area (Å²) in [6.45, 7) is 8.32. The van der Waals surface area contributed by atoms with E-state index in [1.54, 1.807) is 6.07 Å². The standard InChI is InChI=1S/C20H23F2NOS.CH4O/c1-14(23-25-20(2,3)4)16-10-17(19(21)22)12-18(11-16)24-13-15-8-6-5-7-9-15;1-2/h5-12,19H,13H2,1-4H3;2H,1H3/b23-14+;. The average Bonchev–Trinajstić information content (AvgIpc) is 2.66. The van der Waals surface area contributed by atoms with Crippen molar-refractivity contribution in [3.8, 4) is 5.75 Å². The number of nitrogens with zero attached hydrogens (tertiary/aromatic N) is 1. The van der Waals surface area contributed by atoms with Gasteiger partial charge < -0.3 is 9.84 Å². The smallest absolute Gasteiger partial charge is 0.264 e. The molecule has 27 heavy (non-hydrogen) atoms. The Labute approximate surface area is 164 Å². The minimum Gasteiger partial charge on any atom is -0.489 e. The molecule has 0 aromatic heterocycles. The molecule has 0 aliphatic rings. The molecular formula is C21H27F2NO2S. The molecule has 0 bridgehead atoms. The highest BCUT2D eigenvalue weighted by Gasteiger charge is 2.14. The van der Waals surface area contributed by atoms with Crippen LogP contribution in [0, 0.1) is 0 Å². The SMILES string of the molecule is C/C(=N\SC(C)(C)C)c1cc(OCc2ccccc2)cc(C(F)F)c1.CO. The molecule has 2 aromatic rings. The molecule has 0 spiro atoms. The van der Waals surface area contributed by atoms with Crippen LogP contribution in [0.5, 0.6) is 5.75 Å². The second kappa shape index (κ2) is 11.0. The zero-order valence-corrected chi connectivity index (χ0v) is 17.2. The van der Waals surface area contributed by atoms with Gasteiger partial charge in [-0.05, 0) is 63.4 Å². The lowest BCUT2D eigenvalue weighted by Gasteiger charge is -2.15. The van der Waals surface area contributed by atoms with Gasteiger partial charge in [0.15, 0.2) is 0 Å². The van der Waals surface area contributed by atoms with Gasteiger partial charge in [0, 0.05) is 23.0 Å². The normalized spacial score (nSPS) is 11.8. The molecule has 2 rings (SSSR count). The van der Waals surface area contributed by atoms with Gasteiger partial charge in [0.25, 0.3) is 6.43 Å². The second-order valence-corrected chi connectivity index (χ2v) is 8.34. The number of hydrogen-bond acceptors (Lipinski definition) is 4. The van der Waals surface area contributed by atoms with Crippen LogP contribution in [0.25, 0.3) is 0 Å². The van der Waals surface area contributed by atoms with Crippen LogP contribution in [0.3, 0.4) is 0 Å². The number of rotatable bonds is 6. The van der Waals surface area contributed by atoms with Crippen LogP contribution in [-0.4, -0.2) is 22.7 Å². The fourth-order valence-electron chi connectivity index (χ4n) is 2.04. The Kier molecular flexibility index (Phi) is 9.46. The summed E-state index contributed by atoms with van der Waals surface area (Å²) in [5.41, 5.74) is 2.28. The Morgan fingerprint density at radius 1 is 1.11 bits per heavy atom. The molecule has 0 atom stereocenters. The van der Waals surface area contributed by atoms with Crippen molar-refractivity contribution in [1.29, 1.82) is 0 Å². The van der Waals surface area contributed by atoms with Crippen molar-refractivity contribution in [1.82, 2.24) is 0 Å². The molecule has 0 saturated heterocycles. The Balaban J connectivity index is 0.00000176. The summed E-state index contributed by atoms with van der Waals surface area (Å²) in [6.07, 6.45) is -2.55. The first kappa shape index (κ1) is 23.1. The molecule has 0 unspecified atom stereocenters. The van der Waals surface area contributed by atoms with Gasteiger partial charge in [0.05, 0.1) is 5.71 Å².